The van der Waals surface area contributed by atoms with Gasteiger partial charge >= 0.3 is 0 Å². The molecular weight excluding hydrogens is 360 g/mol. The van der Waals surface area contributed by atoms with Gasteiger partial charge in [0.15, 0.2) is 0 Å². The van der Waals surface area contributed by atoms with Crippen molar-refractivity contribution in [1.29, 1.82) is 0 Å². The third kappa shape index (κ3) is 4.01. The van der Waals surface area contributed by atoms with Crippen LogP contribution < -0.4 is 0 Å². The number of likely N-dealkylation sites (tertiary alicyclic amines) is 1. The molecule has 25 heavy (non-hydrogen) atoms. The van der Waals surface area contributed by atoms with Crippen LogP contribution in [-0.4, -0.2) is 49.7 Å². The van der Waals surface area contributed by atoms with Crippen molar-refractivity contribution >= 4 is 27.5 Å². The molecule has 1 amide bonds. The zero-order valence-electron chi connectivity index (χ0n) is 14.6. The van der Waals surface area contributed by atoms with Crippen molar-refractivity contribution in [3.63, 3.8) is 0 Å². The summed E-state index contributed by atoms with van der Waals surface area (Å²) in [7, 11) is -3.57. The number of rotatable bonds is 3. The molecule has 138 valence electrons. The lowest BCUT2D eigenvalue weighted by molar-refractivity contribution is 0.0683. The van der Waals surface area contributed by atoms with Gasteiger partial charge in [0, 0.05) is 26.2 Å². The number of sulfonamides is 1. The Morgan fingerprint density at radius 3 is 2.52 bits per heavy atom. The standard InChI is InChI=1S/C18H25ClN2O3S/c1-14-6-5-9-20(13-14)18(22)16-12-15(7-8-17(16)19)25(23,24)21-10-3-2-4-11-21/h7-8,12,14H,2-6,9-11,13H2,1H3/t14-/m1/s1. The second-order valence-electron chi connectivity index (χ2n) is 7.10. The highest BCUT2D eigenvalue weighted by molar-refractivity contribution is 7.89. The average molecular weight is 385 g/mol. The molecule has 1 aromatic rings. The molecule has 3 rings (SSSR count). The molecule has 1 aromatic carbocycles. The maximum atomic E-state index is 12.9. The molecule has 1 atom stereocenters. The van der Waals surface area contributed by atoms with E-state index >= 15 is 0 Å². The summed E-state index contributed by atoms with van der Waals surface area (Å²) in [6.07, 6.45) is 4.90. The molecule has 2 fully saturated rings. The number of hydrogen-bond acceptors (Lipinski definition) is 3. The maximum Gasteiger partial charge on any atom is 0.255 e. The van der Waals surface area contributed by atoms with E-state index in [1.807, 2.05) is 0 Å². The molecule has 7 heteroatoms. The van der Waals surface area contributed by atoms with Gasteiger partial charge in [-0.05, 0) is 49.8 Å². The van der Waals surface area contributed by atoms with Crippen molar-refractivity contribution < 1.29 is 13.2 Å². The van der Waals surface area contributed by atoms with Crippen molar-refractivity contribution in [1.82, 2.24) is 9.21 Å². The van der Waals surface area contributed by atoms with Gasteiger partial charge in [-0.2, -0.15) is 4.31 Å². The lowest BCUT2D eigenvalue weighted by Crippen LogP contribution is -2.39. The van der Waals surface area contributed by atoms with Crippen molar-refractivity contribution in [3.05, 3.63) is 28.8 Å². The van der Waals surface area contributed by atoms with E-state index in [4.69, 9.17) is 11.6 Å². The van der Waals surface area contributed by atoms with Crippen molar-refractivity contribution in [2.45, 2.75) is 43.9 Å². The average Bonchev–Trinajstić information content (AvgIpc) is 2.62. The number of nitrogens with zero attached hydrogens (tertiary/aromatic N) is 2. The normalized spacial score (nSPS) is 22.8. The first-order valence-corrected chi connectivity index (χ1v) is 10.8. The lowest BCUT2D eigenvalue weighted by atomic mass is 9.99. The van der Waals surface area contributed by atoms with Crippen molar-refractivity contribution in [2.75, 3.05) is 26.2 Å². The van der Waals surface area contributed by atoms with Crippen LogP contribution in [0.25, 0.3) is 0 Å². The molecule has 0 spiro atoms. The fourth-order valence-corrected chi connectivity index (χ4v) is 5.37. The highest BCUT2D eigenvalue weighted by Crippen LogP contribution is 2.27. The molecule has 2 saturated heterocycles. The van der Waals surface area contributed by atoms with Gasteiger partial charge in [0.25, 0.3) is 5.91 Å². The Morgan fingerprint density at radius 1 is 1.12 bits per heavy atom. The fraction of sp³-hybridized carbons (Fsp3) is 0.611. The van der Waals surface area contributed by atoms with E-state index in [0.717, 1.165) is 32.1 Å². The predicted octanol–water partition coefficient (Wildman–Crippen LogP) is 3.39. The molecule has 5 nitrogen and oxygen atoms in total. The van der Waals surface area contributed by atoms with Crippen molar-refractivity contribution in [2.24, 2.45) is 5.92 Å². The Morgan fingerprint density at radius 2 is 1.84 bits per heavy atom. The van der Waals surface area contributed by atoms with E-state index in [2.05, 4.69) is 6.92 Å². The Bertz CT molecular complexity index is 745. The van der Waals surface area contributed by atoms with Crippen LogP contribution in [0.2, 0.25) is 5.02 Å². The monoisotopic (exact) mass is 384 g/mol. The minimum absolute atomic E-state index is 0.159. The molecule has 0 N–H and O–H groups in total. The van der Waals surface area contributed by atoms with Crippen LogP contribution in [0.3, 0.4) is 0 Å². The first kappa shape index (κ1) is 18.7. The van der Waals surface area contributed by atoms with E-state index in [-0.39, 0.29) is 16.4 Å². The van der Waals surface area contributed by atoms with Gasteiger partial charge in [0.2, 0.25) is 10.0 Å². The second kappa shape index (κ2) is 7.64. The summed E-state index contributed by atoms with van der Waals surface area (Å²) < 4.78 is 27.2. The van der Waals surface area contributed by atoms with Gasteiger partial charge in [-0.25, -0.2) is 8.42 Å². The molecule has 0 unspecified atom stereocenters. The highest BCUT2D eigenvalue weighted by Gasteiger charge is 2.29. The van der Waals surface area contributed by atoms with E-state index in [9.17, 15) is 13.2 Å². The molecule has 0 radical (unpaired) electrons. The molecule has 0 aromatic heterocycles. The van der Waals surface area contributed by atoms with Crippen LogP contribution in [0.1, 0.15) is 49.4 Å². The van der Waals surface area contributed by atoms with Crippen LogP contribution in [0.5, 0.6) is 0 Å². The van der Waals surface area contributed by atoms with E-state index in [1.165, 1.54) is 22.5 Å². The summed E-state index contributed by atoms with van der Waals surface area (Å²) >= 11 is 6.23. The molecular formula is C18H25ClN2O3S. The van der Waals surface area contributed by atoms with E-state index in [1.54, 1.807) is 4.90 Å². The third-order valence-electron chi connectivity index (χ3n) is 5.07. The molecule has 2 aliphatic heterocycles. The van der Waals surface area contributed by atoms with Crippen LogP contribution >= 0.6 is 11.6 Å². The third-order valence-corrected chi connectivity index (χ3v) is 7.29. The summed E-state index contributed by atoms with van der Waals surface area (Å²) in [6.45, 7) is 4.59. The van der Waals surface area contributed by atoms with Gasteiger partial charge in [0.1, 0.15) is 0 Å². The number of carbonyl (C=O) groups is 1. The lowest BCUT2D eigenvalue weighted by Gasteiger charge is -2.31. The summed E-state index contributed by atoms with van der Waals surface area (Å²) in [4.78, 5) is 14.8. The van der Waals surface area contributed by atoms with Gasteiger partial charge in [-0.3, -0.25) is 4.79 Å². The topological polar surface area (TPSA) is 57.7 Å². The smallest absolute Gasteiger partial charge is 0.255 e. The maximum absolute atomic E-state index is 12.9. The second-order valence-corrected chi connectivity index (χ2v) is 9.45. The number of halogens is 1. The summed E-state index contributed by atoms with van der Waals surface area (Å²) in [5.74, 6) is 0.281. The first-order chi connectivity index (χ1) is 11.9. The highest BCUT2D eigenvalue weighted by atomic mass is 35.5. The van der Waals surface area contributed by atoms with Gasteiger partial charge < -0.3 is 4.90 Å². The Balaban J connectivity index is 1.88. The predicted molar refractivity (Wildman–Crippen MR) is 98.4 cm³/mol. The fourth-order valence-electron chi connectivity index (χ4n) is 3.63. The van der Waals surface area contributed by atoms with Gasteiger partial charge in [-0.15, -0.1) is 0 Å². The van der Waals surface area contributed by atoms with Crippen LogP contribution in [0.4, 0.5) is 0 Å². The van der Waals surface area contributed by atoms with E-state index in [0.29, 0.717) is 37.1 Å². The minimum atomic E-state index is -3.57. The van der Waals surface area contributed by atoms with E-state index < -0.39 is 10.0 Å². The summed E-state index contributed by atoms with van der Waals surface area (Å²) in [5.41, 5.74) is 0.286. The summed E-state index contributed by atoms with van der Waals surface area (Å²) in [6, 6.07) is 4.48. The molecule has 2 aliphatic rings. The zero-order valence-corrected chi connectivity index (χ0v) is 16.2. The Hall–Kier alpha value is -1.11. The Labute approximate surface area is 155 Å². The number of carbonyl (C=O) groups excluding carboxylic acids is 1. The summed E-state index contributed by atoms with van der Waals surface area (Å²) in [5, 5.41) is 0.306. The van der Waals surface area contributed by atoms with Crippen LogP contribution in [0, 0.1) is 5.92 Å². The molecule has 2 heterocycles. The minimum Gasteiger partial charge on any atom is -0.338 e. The molecule has 0 bridgehead atoms. The number of hydrogen-bond donors (Lipinski definition) is 0. The van der Waals surface area contributed by atoms with Gasteiger partial charge in [0.05, 0.1) is 15.5 Å². The SMILES string of the molecule is C[C@@H]1CCCN(C(=O)c2cc(S(=O)(=O)N3CCCCC3)ccc2Cl)C1. The molecule has 0 aliphatic carbocycles. The number of benzene rings is 1. The van der Waals surface area contributed by atoms with Crippen LogP contribution in [0.15, 0.2) is 23.1 Å². The number of piperidine rings is 2. The Kier molecular flexibility index (Phi) is 5.71. The molecule has 0 saturated carbocycles. The quantitative estimate of drug-likeness (QED) is 0.802. The van der Waals surface area contributed by atoms with Crippen molar-refractivity contribution in [3.8, 4) is 0 Å². The van der Waals surface area contributed by atoms with Crippen LogP contribution in [-0.2, 0) is 10.0 Å². The number of amides is 1. The largest absolute Gasteiger partial charge is 0.338 e. The van der Waals surface area contributed by atoms with Gasteiger partial charge in [-0.1, -0.05) is 24.9 Å². The first-order valence-electron chi connectivity index (χ1n) is 8.98. The zero-order chi connectivity index (χ0) is 18.0.